The molecule has 0 aliphatic carbocycles. The van der Waals surface area contributed by atoms with Crippen LogP contribution in [0.1, 0.15) is 50.5 Å². The summed E-state index contributed by atoms with van der Waals surface area (Å²) in [4.78, 5) is 20.1. The summed E-state index contributed by atoms with van der Waals surface area (Å²) >= 11 is 0. The molecule has 5 nitrogen and oxygen atoms in total. The Hall–Kier alpha value is -1.65. The normalized spacial score (nSPS) is 10.4. The van der Waals surface area contributed by atoms with Crippen molar-refractivity contribution in [1.82, 2.24) is 15.3 Å². The summed E-state index contributed by atoms with van der Waals surface area (Å²) in [7, 11) is 0. The van der Waals surface area contributed by atoms with E-state index < -0.39 is 0 Å². The first kappa shape index (κ1) is 14.4. The van der Waals surface area contributed by atoms with E-state index in [0.717, 1.165) is 19.3 Å². The predicted molar refractivity (Wildman–Crippen MR) is 72.6 cm³/mol. The monoisotopic (exact) mass is 250 g/mol. The average molecular weight is 250 g/mol. The van der Waals surface area contributed by atoms with Crippen LogP contribution < -0.4 is 10.6 Å². The third kappa shape index (κ3) is 5.12. The first-order valence-electron chi connectivity index (χ1n) is 6.51. The third-order valence-corrected chi connectivity index (χ3v) is 2.37. The van der Waals surface area contributed by atoms with Crippen molar-refractivity contribution in [2.45, 2.75) is 46.1 Å². The molecule has 0 radical (unpaired) electrons. The minimum absolute atomic E-state index is 0.139. The highest BCUT2D eigenvalue weighted by atomic mass is 16.1. The van der Waals surface area contributed by atoms with Crippen LogP contribution in [0.25, 0.3) is 0 Å². The second kappa shape index (κ2) is 7.63. The number of aromatic nitrogens is 2. The van der Waals surface area contributed by atoms with Crippen molar-refractivity contribution < 1.29 is 4.79 Å². The molecule has 0 aliphatic heterocycles. The Labute approximate surface area is 108 Å². The molecule has 5 heteroatoms. The largest absolute Gasteiger partial charge is 0.352 e. The van der Waals surface area contributed by atoms with Crippen LogP contribution in [0.4, 0.5) is 5.95 Å². The number of hydrogen-bond donors (Lipinski definition) is 2. The maximum Gasteiger partial charge on any atom is 0.270 e. The third-order valence-electron chi connectivity index (χ3n) is 2.37. The summed E-state index contributed by atoms with van der Waals surface area (Å²) in [6.07, 6.45) is 4.87. The van der Waals surface area contributed by atoms with Crippen LogP contribution in [0.15, 0.2) is 12.3 Å². The van der Waals surface area contributed by atoms with Crippen molar-refractivity contribution in [3.8, 4) is 0 Å². The van der Waals surface area contributed by atoms with Gasteiger partial charge in [-0.1, -0.05) is 19.8 Å². The van der Waals surface area contributed by atoms with Crippen molar-refractivity contribution in [2.75, 3.05) is 11.9 Å². The Morgan fingerprint density at radius 3 is 2.83 bits per heavy atom. The van der Waals surface area contributed by atoms with E-state index in [1.165, 1.54) is 0 Å². The lowest BCUT2D eigenvalue weighted by Gasteiger charge is -2.09. The molecule has 0 aromatic carbocycles. The van der Waals surface area contributed by atoms with Gasteiger partial charge >= 0.3 is 0 Å². The van der Waals surface area contributed by atoms with Gasteiger partial charge < -0.3 is 10.6 Å². The maximum absolute atomic E-state index is 11.8. The fourth-order valence-electron chi connectivity index (χ4n) is 1.48. The molecule has 0 spiro atoms. The van der Waals surface area contributed by atoms with E-state index in [4.69, 9.17) is 0 Å². The van der Waals surface area contributed by atoms with E-state index in [-0.39, 0.29) is 11.9 Å². The van der Waals surface area contributed by atoms with Gasteiger partial charge in [0, 0.05) is 18.8 Å². The van der Waals surface area contributed by atoms with Crippen LogP contribution in [-0.2, 0) is 0 Å². The average Bonchev–Trinajstić information content (AvgIpc) is 2.34. The van der Waals surface area contributed by atoms with Gasteiger partial charge in [0.05, 0.1) is 0 Å². The van der Waals surface area contributed by atoms with Crippen molar-refractivity contribution in [1.29, 1.82) is 0 Å². The smallest absolute Gasteiger partial charge is 0.270 e. The minimum Gasteiger partial charge on any atom is -0.352 e. The molecule has 0 bridgehead atoms. The van der Waals surface area contributed by atoms with E-state index in [9.17, 15) is 4.79 Å². The molecular weight excluding hydrogens is 228 g/mol. The Morgan fingerprint density at radius 1 is 1.39 bits per heavy atom. The topological polar surface area (TPSA) is 66.9 Å². The molecule has 0 aliphatic rings. The lowest BCUT2D eigenvalue weighted by atomic mass is 10.2. The molecule has 1 amide bonds. The van der Waals surface area contributed by atoms with E-state index in [2.05, 4.69) is 27.5 Å². The molecule has 1 aromatic rings. The number of unbranched alkanes of at least 4 members (excludes halogenated alkanes) is 2. The fourth-order valence-corrected chi connectivity index (χ4v) is 1.48. The standard InChI is InChI=1S/C13H22N4O/c1-4-5-6-8-14-12(18)11-7-9-15-13(17-11)16-10(2)3/h7,9-10H,4-6,8H2,1-3H3,(H,14,18)(H,15,16,17). The molecule has 1 rings (SSSR count). The summed E-state index contributed by atoms with van der Waals surface area (Å²) in [6.45, 7) is 6.83. The molecule has 1 aromatic heterocycles. The first-order valence-corrected chi connectivity index (χ1v) is 6.51. The lowest BCUT2D eigenvalue weighted by molar-refractivity contribution is 0.0948. The number of nitrogens with zero attached hydrogens (tertiary/aromatic N) is 2. The van der Waals surface area contributed by atoms with E-state index in [1.807, 2.05) is 13.8 Å². The number of hydrogen-bond acceptors (Lipinski definition) is 4. The van der Waals surface area contributed by atoms with Gasteiger partial charge in [0.25, 0.3) is 5.91 Å². The second-order valence-corrected chi connectivity index (χ2v) is 4.53. The highest BCUT2D eigenvalue weighted by molar-refractivity contribution is 5.92. The molecule has 18 heavy (non-hydrogen) atoms. The number of amides is 1. The highest BCUT2D eigenvalue weighted by Crippen LogP contribution is 2.02. The molecule has 0 fully saturated rings. The predicted octanol–water partition coefficient (Wildman–Crippen LogP) is 2.22. The van der Waals surface area contributed by atoms with Crippen molar-refractivity contribution >= 4 is 11.9 Å². The van der Waals surface area contributed by atoms with Crippen LogP contribution in [0.3, 0.4) is 0 Å². The maximum atomic E-state index is 11.8. The molecular formula is C13H22N4O. The number of carbonyl (C=O) groups is 1. The van der Waals surface area contributed by atoms with Gasteiger partial charge in [-0.3, -0.25) is 4.79 Å². The Morgan fingerprint density at radius 2 is 2.17 bits per heavy atom. The second-order valence-electron chi connectivity index (χ2n) is 4.53. The van der Waals surface area contributed by atoms with Gasteiger partial charge in [-0.25, -0.2) is 9.97 Å². The van der Waals surface area contributed by atoms with Crippen LogP contribution in [0, 0.1) is 0 Å². The zero-order valence-electron chi connectivity index (χ0n) is 11.4. The Bertz CT molecular complexity index is 379. The highest BCUT2D eigenvalue weighted by Gasteiger charge is 2.08. The molecule has 0 atom stereocenters. The van der Waals surface area contributed by atoms with E-state index in [0.29, 0.717) is 18.2 Å². The SMILES string of the molecule is CCCCCNC(=O)c1ccnc(NC(C)C)n1. The van der Waals surface area contributed by atoms with Crippen LogP contribution in [0.5, 0.6) is 0 Å². The van der Waals surface area contributed by atoms with Gasteiger partial charge in [-0.05, 0) is 26.3 Å². The van der Waals surface area contributed by atoms with Gasteiger partial charge in [-0.15, -0.1) is 0 Å². The van der Waals surface area contributed by atoms with E-state index in [1.54, 1.807) is 12.3 Å². The first-order chi connectivity index (χ1) is 8.63. The number of carbonyl (C=O) groups excluding carboxylic acids is 1. The lowest BCUT2D eigenvalue weighted by Crippen LogP contribution is -2.26. The summed E-state index contributed by atoms with van der Waals surface area (Å²) in [5.74, 6) is 0.353. The van der Waals surface area contributed by atoms with Crippen molar-refractivity contribution in [3.63, 3.8) is 0 Å². The van der Waals surface area contributed by atoms with Crippen molar-refractivity contribution in [2.24, 2.45) is 0 Å². The quantitative estimate of drug-likeness (QED) is 0.728. The van der Waals surface area contributed by atoms with Gasteiger partial charge in [0.1, 0.15) is 5.69 Å². The molecule has 0 saturated heterocycles. The Kier molecular flexibility index (Phi) is 6.11. The Balaban J connectivity index is 2.51. The molecule has 0 saturated carbocycles. The summed E-state index contributed by atoms with van der Waals surface area (Å²) in [6, 6.07) is 1.87. The van der Waals surface area contributed by atoms with Gasteiger partial charge in [-0.2, -0.15) is 0 Å². The van der Waals surface area contributed by atoms with Gasteiger partial charge in [0.15, 0.2) is 0 Å². The number of rotatable bonds is 7. The fraction of sp³-hybridized carbons (Fsp3) is 0.615. The van der Waals surface area contributed by atoms with Crippen LogP contribution in [0.2, 0.25) is 0 Å². The molecule has 100 valence electrons. The number of nitrogens with one attached hydrogen (secondary N) is 2. The summed E-state index contributed by atoms with van der Waals surface area (Å²) in [5.41, 5.74) is 0.407. The molecule has 1 heterocycles. The number of anilines is 1. The van der Waals surface area contributed by atoms with E-state index >= 15 is 0 Å². The zero-order valence-corrected chi connectivity index (χ0v) is 11.4. The molecule has 2 N–H and O–H groups in total. The van der Waals surface area contributed by atoms with Crippen LogP contribution in [-0.4, -0.2) is 28.5 Å². The van der Waals surface area contributed by atoms with Crippen LogP contribution >= 0.6 is 0 Å². The van der Waals surface area contributed by atoms with Gasteiger partial charge in [0.2, 0.25) is 5.95 Å². The molecule has 0 unspecified atom stereocenters. The summed E-state index contributed by atoms with van der Waals surface area (Å²) < 4.78 is 0. The summed E-state index contributed by atoms with van der Waals surface area (Å²) in [5, 5.41) is 5.93. The minimum atomic E-state index is -0.139. The zero-order chi connectivity index (χ0) is 13.4. The van der Waals surface area contributed by atoms with Crippen molar-refractivity contribution in [3.05, 3.63) is 18.0 Å².